The van der Waals surface area contributed by atoms with Crippen molar-refractivity contribution in [1.82, 2.24) is 5.32 Å². The van der Waals surface area contributed by atoms with E-state index in [9.17, 15) is 4.79 Å². The molecule has 1 aromatic rings. The molecular weight excluding hydrogens is 280 g/mol. The van der Waals surface area contributed by atoms with Crippen LogP contribution in [0.2, 0.25) is 0 Å². The molecule has 0 spiro atoms. The average Bonchev–Trinajstić information content (AvgIpc) is 2.93. The molecule has 6 heteroatoms. The van der Waals surface area contributed by atoms with Gasteiger partial charge < -0.3 is 20.1 Å². The van der Waals surface area contributed by atoms with Gasteiger partial charge in [-0.3, -0.25) is 4.79 Å². The molecule has 1 atom stereocenters. The minimum absolute atomic E-state index is 0. The normalized spacial score (nSPS) is 17.2. The van der Waals surface area contributed by atoms with E-state index in [1.807, 2.05) is 13.0 Å². The maximum atomic E-state index is 12.0. The van der Waals surface area contributed by atoms with E-state index in [1.54, 1.807) is 19.2 Å². The number of carbonyl (C=O) groups excluding carboxylic acids is 1. The maximum Gasteiger partial charge on any atom is 0.228 e. The summed E-state index contributed by atoms with van der Waals surface area (Å²) in [7, 11) is 1.60. The molecule has 2 N–H and O–H groups in total. The minimum Gasteiger partial charge on any atom is -0.493 e. The zero-order valence-corrected chi connectivity index (χ0v) is 12.6. The van der Waals surface area contributed by atoms with Crippen molar-refractivity contribution in [3.05, 3.63) is 18.2 Å². The first-order valence-electron chi connectivity index (χ1n) is 6.57. The highest BCUT2D eigenvalue weighted by Gasteiger charge is 2.22. The molecule has 1 unspecified atom stereocenters. The number of halogens is 1. The molecule has 20 heavy (non-hydrogen) atoms. The van der Waals surface area contributed by atoms with Crippen LogP contribution < -0.4 is 20.1 Å². The second kappa shape index (κ2) is 7.97. The van der Waals surface area contributed by atoms with Gasteiger partial charge in [-0.25, -0.2) is 0 Å². The summed E-state index contributed by atoms with van der Waals surface area (Å²) < 4.78 is 10.7. The van der Waals surface area contributed by atoms with E-state index < -0.39 is 0 Å². The number of anilines is 1. The van der Waals surface area contributed by atoms with Crippen LogP contribution >= 0.6 is 12.4 Å². The van der Waals surface area contributed by atoms with Crippen LogP contribution in [0.4, 0.5) is 5.69 Å². The molecule has 0 bridgehead atoms. The summed E-state index contributed by atoms with van der Waals surface area (Å²) in [5.41, 5.74) is 0.737. The van der Waals surface area contributed by atoms with Gasteiger partial charge in [-0.05, 0) is 32.0 Å². The van der Waals surface area contributed by atoms with Gasteiger partial charge in [-0.15, -0.1) is 12.4 Å². The van der Waals surface area contributed by atoms with Crippen LogP contribution in [-0.2, 0) is 4.79 Å². The summed E-state index contributed by atoms with van der Waals surface area (Å²) in [6, 6.07) is 5.41. The van der Waals surface area contributed by atoms with Crippen LogP contribution in [0, 0.1) is 5.92 Å². The zero-order chi connectivity index (χ0) is 13.7. The Morgan fingerprint density at radius 1 is 1.45 bits per heavy atom. The van der Waals surface area contributed by atoms with Gasteiger partial charge in [-0.1, -0.05) is 0 Å². The largest absolute Gasteiger partial charge is 0.493 e. The Morgan fingerprint density at radius 3 is 2.85 bits per heavy atom. The van der Waals surface area contributed by atoms with Crippen LogP contribution in [0.5, 0.6) is 11.5 Å². The van der Waals surface area contributed by atoms with Gasteiger partial charge in [-0.2, -0.15) is 0 Å². The molecular formula is C14H21ClN2O3. The van der Waals surface area contributed by atoms with Crippen LogP contribution in [0.3, 0.4) is 0 Å². The topological polar surface area (TPSA) is 59.6 Å². The zero-order valence-electron chi connectivity index (χ0n) is 11.8. The Labute approximate surface area is 125 Å². The van der Waals surface area contributed by atoms with Gasteiger partial charge >= 0.3 is 0 Å². The standard InChI is InChI=1S/C14H20N2O3.ClH/c1-3-19-13-8-11(4-5-12(13)18-2)16-14(17)10-6-7-15-9-10;/h4-5,8,10,15H,3,6-7,9H2,1-2H3,(H,16,17);1H. The highest BCUT2D eigenvalue weighted by Crippen LogP contribution is 2.30. The van der Waals surface area contributed by atoms with Crippen molar-refractivity contribution >= 4 is 24.0 Å². The second-order valence-corrected chi connectivity index (χ2v) is 4.48. The van der Waals surface area contributed by atoms with Crippen molar-refractivity contribution in [3.8, 4) is 11.5 Å². The van der Waals surface area contributed by atoms with E-state index in [2.05, 4.69) is 10.6 Å². The van der Waals surface area contributed by atoms with E-state index in [0.717, 1.165) is 25.2 Å². The molecule has 0 radical (unpaired) electrons. The molecule has 1 heterocycles. The second-order valence-electron chi connectivity index (χ2n) is 4.48. The van der Waals surface area contributed by atoms with E-state index >= 15 is 0 Å². The van der Waals surface area contributed by atoms with Gasteiger partial charge in [0, 0.05) is 18.3 Å². The first kappa shape index (κ1) is 16.6. The molecule has 1 aliphatic heterocycles. The van der Waals surface area contributed by atoms with Crippen LogP contribution in [-0.4, -0.2) is 32.7 Å². The first-order chi connectivity index (χ1) is 9.24. The third-order valence-electron chi connectivity index (χ3n) is 3.16. The summed E-state index contributed by atoms with van der Waals surface area (Å²) in [6.07, 6.45) is 0.889. The minimum atomic E-state index is 0. The summed E-state index contributed by atoms with van der Waals surface area (Å²) >= 11 is 0. The highest BCUT2D eigenvalue weighted by molar-refractivity contribution is 5.93. The lowest BCUT2D eigenvalue weighted by atomic mass is 10.1. The number of benzene rings is 1. The summed E-state index contributed by atoms with van der Waals surface area (Å²) in [4.78, 5) is 12.0. The van der Waals surface area contributed by atoms with E-state index in [1.165, 1.54) is 0 Å². The molecule has 5 nitrogen and oxygen atoms in total. The molecule has 112 valence electrons. The number of hydrogen-bond acceptors (Lipinski definition) is 4. The maximum absolute atomic E-state index is 12.0. The SMILES string of the molecule is CCOc1cc(NC(=O)C2CCNC2)ccc1OC.Cl. The van der Waals surface area contributed by atoms with Crippen molar-refractivity contribution < 1.29 is 14.3 Å². The van der Waals surface area contributed by atoms with Gasteiger partial charge in [0.15, 0.2) is 11.5 Å². The molecule has 1 aliphatic rings. The first-order valence-corrected chi connectivity index (χ1v) is 6.57. The van der Waals surface area contributed by atoms with Crippen molar-refractivity contribution in [3.63, 3.8) is 0 Å². The predicted octanol–water partition coefficient (Wildman–Crippen LogP) is 2.06. The molecule has 0 aromatic heterocycles. The third kappa shape index (κ3) is 4.02. The molecule has 1 amide bonds. The quantitative estimate of drug-likeness (QED) is 0.874. The van der Waals surface area contributed by atoms with Crippen LogP contribution in [0.25, 0.3) is 0 Å². The van der Waals surface area contributed by atoms with Gasteiger partial charge in [0.1, 0.15) is 0 Å². The van der Waals surface area contributed by atoms with Gasteiger partial charge in [0.05, 0.1) is 19.6 Å². The average molecular weight is 301 g/mol. The Bertz CT molecular complexity index is 448. The monoisotopic (exact) mass is 300 g/mol. The van der Waals surface area contributed by atoms with Crippen molar-refractivity contribution in [2.75, 3.05) is 32.1 Å². The molecule has 0 aliphatic carbocycles. The van der Waals surface area contributed by atoms with Crippen LogP contribution in [0.15, 0.2) is 18.2 Å². The lowest BCUT2D eigenvalue weighted by molar-refractivity contribution is -0.119. The Balaban J connectivity index is 0.00000200. The number of methoxy groups -OCH3 is 1. The number of hydrogen-bond donors (Lipinski definition) is 2. The molecule has 0 saturated carbocycles. The summed E-state index contributed by atoms with van der Waals surface area (Å²) in [5.74, 6) is 1.42. The number of amides is 1. The highest BCUT2D eigenvalue weighted by atomic mass is 35.5. The Hall–Kier alpha value is -1.46. The lowest BCUT2D eigenvalue weighted by Crippen LogP contribution is -2.24. The van der Waals surface area contributed by atoms with E-state index in [0.29, 0.717) is 18.1 Å². The number of rotatable bonds is 5. The third-order valence-corrected chi connectivity index (χ3v) is 3.16. The van der Waals surface area contributed by atoms with Gasteiger partial charge in [0.25, 0.3) is 0 Å². The molecule has 2 rings (SSSR count). The Kier molecular flexibility index (Phi) is 6.61. The van der Waals surface area contributed by atoms with E-state index in [-0.39, 0.29) is 24.2 Å². The molecule has 1 fully saturated rings. The lowest BCUT2D eigenvalue weighted by Gasteiger charge is -2.13. The fourth-order valence-corrected chi connectivity index (χ4v) is 2.15. The fraction of sp³-hybridized carbons (Fsp3) is 0.500. The smallest absolute Gasteiger partial charge is 0.228 e. The van der Waals surface area contributed by atoms with Crippen LogP contribution in [0.1, 0.15) is 13.3 Å². The van der Waals surface area contributed by atoms with Crippen molar-refractivity contribution in [1.29, 1.82) is 0 Å². The number of carbonyl (C=O) groups is 1. The van der Waals surface area contributed by atoms with E-state index in [4.69, 9.17) is 9.47 Å². The predicted molar refractivity (Wildman–Crippen MR) is 81.0 cm³/mol. The Morgan fingerprint density at radius 2 is 2.25 bits per heavy atom. The molecule has 1 saturated heterocycles. The van der Waals surface area contributed by atoms with Crippen molar-refractivity contribution in [2.24, 2.45) is 5.92 Å². The molecule has 1 aromatic carbocycles. The van der Waals surface area contributed by atoms with Gasteiger partial charge in [0.2, 0.25) is 5.91 Å². The van der Waals surface area contributed by atoms with Crippen molar-refractivity contribution in [2.45, 2.75) is 13.3 Å². The number of nitrogens with one attached hydrogen (secondary N) is 2. The summed E-state index contributed by atoms with van der Waals surface area (Å²) in [6.45, 7) is 4.13. The summed E-state index contributed by atoms with van der Waals surface area (Å²) in [5, 5.41) is 6.10. The fourth-order valence-electron chi connectivity index (χ4n) is 2.15. The number of ether oxygens (including phenoxy) is 2.